The summed E-state index contributed by atoms with van der Waals surface area (Å²) in [6.45, 7) is 3.16. The number of carbonyl (C=O) groups excluding carboxylic acids is 2. The van der Waals surface area contributed by atoms with Gasteiger partial charge in [0, 0.05) is 19.1 Å². The molecular weight excluding hydrogens is 262 g/mol. The fraction of sp³-hybridized carbons (Fsp3) is 0.538. The van der Waals surface area contributed by atoms with Crippen LogP contribution in [0.4, 0.5) is 0 Å². The number of nitrogens with one attached hydrogen (secondary N) is 2. The Bertz CT molecular complexity index is 488. The molecule has 3 rings (SSSR count). The normalized spacial score (nSPS) is 30.4. The van der Waals surface area contributed by atoms with Crippen molar-refractivity contribution in [2.75, 3.05) is 6.54 Å². The first-order valence-corrected chi connectivity index (χ1v) is 7.45. The van der Waals surface area contributed by atoms with E-state index in [1.54, 1.807) is 23.2 Å². The van der Waals surface area contributed by atoms with Crippen molar-refractivity contribution in [2.45, 2.75) is 38.0 Å². The summed E-state index contributed by atoms with van der Waals surface area (Å²) in [6.07, 6.45) is 0.703. The third kappa shape index (κ3) is 2.37. The van der Waals surface area contributed by atoms with E-state index in [1.165, 1.54) is 5.56 Å². The van der Waals surface area contributed by atoms with Crippen LogP contribution >= 0.6 is 11.3 Å². The summed E-state index contributed by atoms with van der Waals surface area (Å²) in [5, 5.41) is 10.3. The van der Waals surface area contributed by atoms with Gasteiger partial charge in [-0.3, -0.25) is 9.59 Å². The zero-order valence-electron chi connectivity index (χ0n) is 10.8. The third-order valence-electron chi connectivity index (χ3n) is 3.79. The number of amides is 2. The monoisotopic (exact) mass is 279 g/mol. The summed E-state index contributed by atoms with van der Waals surface area (Å²) in [6, 6.07) is 1.60. The van der Waals surface area contributed by atoms with E-state index in [2.05, 4.69) is 22.1 Å². The lowest BCUT2D eigenvalue weighted by Crippen LogP contribution is -2.60. The highest BCUT2D eigenvalue weighted by Crippen LogP contribution is 2.22. The lowest BCUT2D eigenvalue weighted by Gasteiger charge is -2.32. The second kappa shape index (κ2) is 4.94. The van der Waals surface area contributed by atoms with Crippen LogP contribution in [-0.4, -0.2) is 41.4 Å². The largest absolute Gasteiger partial charge is 0.343 e. The summed E-state index contributed by atoms with van der Waals surface area (Å²) >= 11 is 1.67. The maximum Gasteiger partial charge on any atom is 0.245 e. The van der Waals surface area contributed by atoms with Gasteiger partial charge in [-0.25, -0.2) is 0 Å². The quantitative estimate of drug-likeness (QED) is 0.838. The minimum absolute atomic E-state index is 0.0214. The molecule has 6 heteroatoms. The van der Waals surface area contributed by atoms with Gasteiger partial charge in [0.2, 0.25) is 11.8 Å². The van der Waals surface area contributed by atoms with Gasteiger partial charge >= 0.3 is 0 Å². The Kier molecular flexibility index (Phi) is 3.28. The maximum absolute atomic E-state index is 12.0. The summed E-state index contributed by atoms with van der Waals surface area (Å²) in [4.78, 5) is 25.6. The van der Waals surface area contributed by atoms with E-state index in [9.17, 15) is 9.59 Å². The maximum atomic E-state index is 12.0. The van der Waals surface area contributed by atoms with Crippen LogP contribution in [0.2, 0.25) is 0 Å². The summed E-state index contributed by atoms with van der Waals surface area (Å²) in [7, 11) is 0. The molecule has 0 spiro atoms. The average molecular weight is 279 g/mol. The van der Waals surface area contributed by atoms with E-state index in [0.29, 0.717) is 13.0 Å². The Balaban J connectivity index is 1.62. The van der Waals surface area contributed by atoms with Crippen molar-refractivity contribution >= 4 is 23.2 Å². The molecule has 2 fully saturated rings. The minimum Gasteiger partial charge on any atom is -0.343 e. The fourth-order valence-corrected chi connectivity index (χ4v) is 3.42. The Hall–Kier alpha value is -1.40. The second-order valence-corrected chi connectivity index (χ2v) is 5.96. The molecule has 0 radical (unpaired) electrons. The van der Waals surface area contributed by atoms with Gasteiger partial charge < -0.3 is 15.5 Å². The summed E-state index contributed by atoms with van der Waals surface area (Å²) in [5.74, 6) is 0.0105. The molecule has 0 unspecified atom stereocenters. The molecule has 1 aromatic rings. The number of hydrogen-bond acceptors (Lipinski definition) is 4. The first kappa shape index (κ1) is 12.6. The molecule has 3 heterocycles. The molecule has 0 aromatic carbocycles. The topological polar surface area (TPSA) is 61.4 Å². The zero-order chi connectivity index (χ0) is 13.4. The predicted octanol–water partition coefficient (Wildman–Crippen LogP) is 0.325. The highest BCUT2D eigenvalue weighted by Gasteiger charge is 2.44. The van der Waals surface area contributed by atoms with Gasteiger partial charge in [-0.1, -0.05) is 0 Å². The van der Waals surface area contributed by atoms with E-state index >= 15 is 0 Å². The molecule has 102 valence electrons. The van der Waals surface area contributed by atoms with Gasteiger partial charge in [-0.05, 0) is 35.7 Å². The summed E-state index contributed by atoms with van der Waals surface area (Å²) in [5.41, 5.74) is 1.25. The van der Waals surface area contributed by atoms with Gasteiger partial charge in [-0.2, -0.15) is 11.3 Å². The van der Waals surface area contributed by atoms with Crippen molar-refractivity contribution in [1.82, 2.24) is 15.5 Å². The number of piperazine rings is 1. The number of carbonyl (C=O) groups is 2. The van der Waals surface area contributed by atoms with Crippen LogP contribution < -0.4 is 10.6 Å². The van der Waals surface area contributed by atoms with Gasteiger partial charge in [0.1, 0.15) is 12.1 Å². The lowest BCUT2D eigenvalue weighted by atomic mass is 10.1. The van der Waals surface area contributed by atoms with Crippen molar-refractivity contribution in [2.24, 2.45) is 0 Å². The van der Waals surface area contributed by atoms with Crippen molar-refractivity contribution in [1.29, 1.82) is 0 Å². The molecule has 5 nitrogen and oxygen atoms in total. The number of thiophene rings is 1. The molecule has 2 N–H and O–H groups in total. The van der Waals surface area contributed by atoms with Crippen molar-refractivity contribution in [3.8, 4) is 0 Å². The molecule has 19 heavy (non-hydrogen) atoms. The Morgan fingerprint density at radius 3 is 3.11 bits per heavy atom. The predicted molar refractivity (Wildman–Crippen MR) is 72.7 cm³/mol. The molecule has 2 saturated heterocycles. The summed E-state index contributed by atoms with van der Waals surface area (Å²) < 4.78 is 0. The van der Waals surface area contributed by atoms with Crippen molar-refractivity contribution in [3.05, 3.63) is 22.4 Å². The van der Waals surface area contributed by atoms with Crippen molar-refractivity contribution < 1.29 is 9.59 Å². The standard InChI is InChI=1S/C13H17N3O2S/c1-8-13(18)16-6-10(4-11(16)12(17)15-8)14-5-9-2-3-19-7-9/h2-3,7-8,10-11,14H,4-6H2,1H3,(H,15,17)/t8-,10+,11+/m1/s1. The average Bonchev–Trinajstić information content (AvgIpc) is 3.03. The molecule has 1 aromatic heterocycles. The minimum atomic E-state index is -0.389. The van der Waals surface area contributed by atoms with Crippen LogP contribution in [0.25, 0.3) is 0 Å². The molecule has 3 atom stereocenters. The van der Waals surface area contributed by atoms with Gasteiger partial charge in [-0.15, -0.1) is 0 Å². The van der Waals surface area contributed by atoms with E-state index in [-0.39, 0.29) is 29.9 Å². The molecule has 0 saturated carbocycles. The van der Waals surface area contributed by atoms with Crippen LogP contribution in [0.5, 0.6) is 0 Å². The molecular formula is C13H17N3O2S. The Morgan fingerprint density at radius 1 is 1.53 bits per heavy atom. The van der Waals surface area contributed by atoms with E-state index in [1.807, 2.05) is 5.38 Å². The molecule has 2 amide bonds. The molecule has 0 aliphatic carbocycles. The molecule has 2 aliphatic rings. The van der Waals surface area contributed by atoms with Gasteiger partial charge in [0.05, 0.1) is 0 Å². The van der Waals surface area contributed by atoms with Crippen LogP contribution in [0, 0.1) is 0 Å². The number of rotatable bonds is 3. The van der Waals surface area contributed by atoms with Crippen LogP contribution in [0.3, 0.4) is 0 Å². The Labute approximate surface area is 116 Å². The SMILES string of the molecule is C[C@H]1NC(=O)[C@@H]2C[C@H](NCc3ccsc3)CN2C1=O. The molecule has 0 bridgehead atoms. The Morgan fingerprint density at radius 2 is 2.37 bits per heavy atom. The first-order valence-electron chi connectivity index (χ1n) is 6.50. The van der Waals surface area contributed by atoms with Gasteiger partial charge in [0.15, 0.2) is 0 Å². The highest BCUT2D eigenvalue weighted by molar-refractivity contribution is 7.07. The first-order chi connectivity index (χ1) is 9.15. The van der Waals surface area contributed by atoms with Crippen LogP contribution in [0.1, 0.15) is 18.9 Å². The van der Waals surface area contributed by atoms with Crippen LogP contribution in [-0.2, 0) is 16.1 Å². The smallest absolute Gasteiger partial charge is 0.245 e. The number of fused-ring (bicyclic) bond motifs is 1. The lowest BCUT2D eigenvalue weighted by molar-refractivity contribution is -0.146. The van der Waals surface area contributed by atoms with E-state index in [0.717, 1.165) is 6.54 Å². The van der Waals surface area contributed by atoms with Gasteiger partial charge in [0.25, 0.3) is 0 Å². The van der Waals surface area contributed by atoms with Crippen molar-refractivity contribution in [3.63, 3.8) is 0 Å². The number of hydrogen-bond donors (Lipinski definition) is 2. The van der Waals surface area contributed by atoms with E-state index < -0.39 is 0 Å². The second-order valence-electron chi connectivity index (χ2n) is 5.18. The molecule has 2 aliphatic heterocycles. The zero-order valence-corrected chi connectivity index (χ0v) is 11.6. The highest BCUT2D eigenvalue weighted by atomic mass is 32.1. The fourth-order valence-electron chi connectivity index (χ4n) is 2.75. The van der Waals surface area contributed by atoms with E-state index in [4.69, 9.17) is 0 Å². The third-order valence-corrected chi connectivity index (χ3v) is 4.52. The van der Waals surface area contributed by atoms with Crippen LogP contribution in [0.15, 0.2) is 16.8 Å². The number of nitrogens with zero attached hydrogens (tertiary/aromatic N) is 1.